The fourth-order valence-electron chi connectivity index (χ4n) is 8.23. The molecule has 0 aromatic heterocycles. The third kappa shape index (κ3) is 6.55. The second-order valence-electron chi connectivity index (χ2n) is 14.6. The van der Waals surface area contributed by atoms with Crippen LogP contribution in [-0.2, 0) is 0 Å². The van der Waals surface area contributed by atoms with E-state index in [2.05, 4.69) is 180 Å². The molecule has 6 rings (SSSR count). The van der Waals surface area contributed by atoms with Gasteiger partial charge in [0.05, 0.1) is 0 Å². The number of hydrogen-bond acceptors (Lipinski definition) is 0. The van der Waals surface area contributed by atoms with Crippen molar-refractivity contribution < 1.29 is 0 Å². The maximum atomic E-state index is 2.54. The highest BCUT2D eigenvalue weighted by molar-refractivity contribution is 7.81. The Morgan fingerprint density at radius 3 is 0.720 bits per heavy atom. The Balaban J connectivity index is 1.81. The van der Waals surface area contributed by atoms with Crippen LogP contribution in [0, 0.1) is 83.1 Å². The molecule has 0 saturated carbocycles. The van der Waals surface area contributed by atoms with Crippen LogP contribution in [-0.4, -0.2) is 0 Å². The van der Waals surface area contributed by atoms with Gasteiger partial charge in [0, 0.05) is 0 Å². The van der Waals surface area contributed by atoms with Gasteiger partial charge in [-0.15, -0.1) is 0 Å². The van der Waals surface area contributed by atoms with Crippen molar-refractivity contribution in [1.82, 2.24) is 0 Å². The molecule has 254 valence electrons. The lowest BCUT2D eigenvalue weighted by atomic mass is 9.94. The summed E-state index contributed by atoms with van der Waals surface area (Å²) in [7, 11) is -1.77. The average Bonchev–Trinajstić information content (AvgIpc) is 3.03. The molecule has 0 bridgehead atoms. The molecule has 0 fully saturated rings. The third-order valence-electron chi connectivity index (χ3n) is 10.3. The molecule has 0 amide bonds. The molecular weight excluding hydrogens is 638 g/mol. The van der Waals surface area contributed by atoms with Gasteiger partial charge in [0.1, 0.15) is 0 Å². The van der Waals surface area contributed by atoms with Crippen molar-refractivity contribution >= 4 is 47.7 Å². The summed E-state index contributed by atoms with van der Waals surface area (Å²) in [6.45, 7) is 27.8. The first kappa shape index (κ1) is 36.0. The van der Waals surface area contributed by atoms with Gasteiger partial charge in [-0.1, -0.05) is 108 Å². The molecule has 0 unspecified atom stereocenters. The van der Waals surface area contributed by atoms with Crippen molar-refractivity contribution in [2.45, 2.75) is 83.1 Å². The summed E-state index contributed by atoms with van der Waals surface area (Å²) in [6.07, 6.45) is 0. The van der Waals surface area contributed by atoms with Crippen LogP contribution in [0.2, 0.25) is 0 Å². The molecule has 2 heteroatoms. The van der Waals surface area contributed by atoms with E-state index in [4.69, 9.17) is 0 Å². The number of rotatable bonds is 7. The van der Waals surface area contributed by atoms with E-state index in [1.165, 1.54) is 110 Å². The van der Waals surface area contributed by atoms with E-state index in [0.717, 1.165) is 0 Å². The summed E-state index contributed by atoms with van der Waals surface area (Å²) >= 11 is 0. The van der Waals surface area contributed by atoms with Gasteiger partial charge < -0.3 is 0 Å². The molecule has 0 saturated heterocycles. The minimum atomic E-state index is -0.884. The summed E-state index contributed by atoms with van der Waals surface area (Å²) in [4.78, 5) is 0. The molecule has 0 N–H and O–H groups in total. The Hall–Kier alpha value is -3.82. The first-order chi connectivity index (χ1) is 23.8. The Kier molecular flexibility index (Phi) is 10.4. The summed E-state index contributed by atoms with van der Waals surface area (Å²) in [6, 6.07) is 37.3. The zero-order chi connectivity index (χ0) is 36.0. The molecule has 6 aromatic rings. The van der Waals surface area contributed by atoms with Crippen LogP contribution in [0.25, 0.3) is 11.1 Å². The second-order valence-corrected chi connectivity index (χ2v) is 18.7. The van der Waals surface area contributed by atoms with E-state index in [1.54, 1.807) is 0 Å². The van der Waals surface area contributed by atoms with Gasteiger partial charge in [-0.2, -0.15) is 0 Å². The molecule has 0 aliphatic rings. The van der Waals surface area contributed by atoms with E-state index in [1.807, 2.05) is 0 Å². The lowest BCUT2D eigenvalue weighted by Gasteiger charge is -2.33. The van der Waals surface area contributed by atoms with Crippen LogP contribution in [0.15, 0.2) is 97.1 Å². The summed E-state index contributed by atoms with van der Waals surface area (Å²) in [5.74, 6) is 0. The lowest BCUT2D eigenvalue weighted by molar-refractivity contribution is 1.36. The molecule has 50 heavy (non-hydrogen) atoms. The molecule has 0 heterocycles. The van der Waals surface area contributed by atoms with Crippen molar-refractivity contribution in [3.05, 3.63) is 164 Å². The molecule has 0 nitrogen and oxygen atoms in total. The fourth-order valence-corrected chi connectivity index (χ4v) is 14.8. The summed E-state index contributed by atoms with van der Waals surface area (Å²) < 4.78 is 0. The van der Waals surface area contributed by atoms with Gasteiger partial charge in [0.15, 0.2) is 0 Å². The predicted molar refractivity (Wildman–Crippen MR) is 226 cm³/mol. The predicted octanol–water partition coefficient (Wildman–Crippen LogP) is 10.6. The number of benzene rings is 6. The van der Waals surface area contributed by atoms with Gasteiger partial charge in [-0.25, -0.2) is 0 Å². The number of hydrogen-bond donors (Lipinski definition) is 0. The molecule has 0 radical (unpaired) electrons. The molecule has 0 aliphatic carbocycles. The third-order valence-corrected chi connectivity index (χ3v) is 16.6. The Morgan fingerprint density at radius 2 is 0.500 bits per heavy atom. The van der Waals surface area contributed by atoms with Gasteiger partial charge in [0.25, 0.3) is 0 Å². The monoisotopic (exact) mass is 690 g/mol. The Labute approximate surface area is 304 Å². The summed E-state index contributed by atoms with van der Waals surface area (Å²) in [5.41, 5.74) is 19.2. The van der Waals surface area contributed by atoms with Gasteiger partial charge >= 0.3 is 0 Å². The second kappa shape index (κ2) is 14.4. The first-order valence-electron chi connectivity index (χ1n) is 17.9. The summed E-state index contributed by atoms with van der Waals surface area (Å²) in [5, 5.41) is 8.90. The first-order valence-corrected chi connectivity index (χ1v) is 20.6. The van der Waals surface area contributed by atoms with Crippen molar-refractivity contribution in [3.8, 4) is 11.1 Å². The molecule has 0 atom stereocenters. The lowest BCUT2D eigenvalue weighted by Crippen LogP contribution is -2.32. The van der Waals surface area contributed by atoms with Crippen LogP contribution < -0.4 is 31.8 Å². The highest BCUT2D eigenvalue weighted by atomic mass is 31.1. The van der Waals surface area contributed by atoms with E-state index >= 15 is 0 Å². The van der Waals surface area contributed by atoms with Gasteiger partial charge in [-0.3, -0.25) is 0 Å². The quantitative estimate of drug-likeness (QED) is 0.146. The van der Waals surface area contributed by atoms with E-state index in [9.17, 15) is 0 Å². The van der Waals surface area contributed by atoms with Crippen molar-refractivity contribution in [2.24, 2.45) is 0 Å². The average molecular weight is 691 g/mol. The van der Waals surface area contributed by atoms with E-state index in [-0.39, 0.29) is 0 Å². The van der Waals surface area contributed by atoms with Crippen LogP contribution in [0.4, 0.5) is 0 Å². The van der Waals surface area contributed by atoms with Crippen LogP contribution in [0.5, 0.6) is 0 Å². The number of aryl methyl sites for hydroxylation is 12. The normalized spacial score (nSPS) is 11.6. The van der Waals surface area contributed by atoms with Gasteiger partial charge in [0.2, 0.25) is 0 Å². The largest absolute Gasteiger partial charge is 0.0617 e. The molecule has 0 spiro atoms. The Morgan fingerprint density at radius 1 is 0.280 bits per heavy atom. The Bertz CT molecular complexity index is 1910. The van der Waals surface area contributed by atoms with Gasteiger partial charge in [-0.05, 0) is 198 Å². The molecule has 6 aromatic carbocycles. The van der Waals surface area contributed by atoms with E-state index in [0.29, 0.717) is 0 Å². The standard InChI is InChI=1S/C48H52P2/c1-29-25-39(11)43(41(27-29)49(45-31(3)17-13-18-32(45)4)46-33(5)19-14-20-34(46)6)44-40(12)26-30(2)28-42(44)50(47-35(7)21-15-22-36(47)8)48-37(9)23-16-24-38(48)10/h13-28H,1-12H3. The minimum absolute atomic E-state index is 0.884. The molecular formula is C48H52P2. The maximum absolute atomic E-state index is 2.54. The zero-order valence-corrected chi connectivity index (χ0v) is 33.9. The fraction of sp³-hybridized carbons (Fsp3) is 0.250. The SMILES string of the molecule is Cc1cc(C)c(-c2c(C)cc(C)cc2P(c2c(C)cccc2C)c2c(C)cccc2C)c(P(c2c(C)cccc2C)c2c(C)cccc2C)c1. The van der Waals surface area contributed by atoms with Crippen molar-refractivity contribution in [2.75, 3.05) is 0 Å². The maximum Gasteiger partial charge on any atom is -0.00615 e. The zero-order valence-electron chi connectivity index (χ0n) is 32.1. The molecule has 0 aliphatic heterocycles. The van der Waals surface area contributed by atoms with E-state index < -0.39 is 15.8 Å². The van der Waals surface area contributed by atoms with Crippen LogP contribution >= 0.6 is 15.8 Å². The van der Waals surface area contributed by atoms with Crippen molar-refractivity contribution in [3.63, 3.8) is 0 Å². The minimum Gasteiger partial charge on any atom is -0.0617 e. The topological polar surface area (TPSA) is 0 Å². The van der Waals surface area contributed by atoms with Crippen LogP contribution in [0.1, 0.15) is 66.8 Å². The van der Waals surface area contributed by atoms with Crippen LogP contribution in [0.3, 0.4) is 0 Å². The highest BCUT2D eigenvalue weighted by Gasteiger charge is 2.32. The smallest absolute Gasteiger partial charge is 0.00615 e. The highest BCUT2D eigenvalue weighted by Crippen LogP contribution is 2.47. The van der Waals surface area contributed by atoms with Crippen molar-refractivity contribution in [1.29, 1.82) is 0 Å².